The Morgan fingerprint density at radius 2 is 2.05 bits per heavy atom. The first-order valence-electron chi connectivity index (χ1n) is 7.24. The quantitative estimate of drug-likeness (QED) is 0.860. The second-order valence-electron chi connectivity index (χ2n) is 6.10. The molecule has 2 N–H and O–H groups in total. The van der Waals surface area contributed by atoms with Crippen LogP contribution in [0.2, 0.25) is 0 Å². The summed E-state index contributed by atoms with van der Waals surface area (Å²) in [5.74, 6) is 0.680. The summed E-state index contributed by atoms with van der Waals surface area (Å²) < 4.78 is 1.19. The third kappa shape index (κ3) is 3.80. The molecule has 0 heterocycles. The monoisotopic (exact) mass is 324 g/mol. The fourth-order valence-corrected chi connectivity index (χ4v) is 3.46. The van der Waals surface area contributed by atoms with E-state index in [1.165, 1.54) is 28.4 Å². The average molecular weight is 325 g/mol. The Hall–Kier alpha value is -0.380. The van der Waals surface area contributed by atoms with Crippen LogP contribution in [0.4, 0.5) is 0 Å². The molecular weight excluding hydrogens is 300 g/mol. The van der Waals surface area contributed by atoms with Crippen molar-refractivity contribution < 1.29 is 0 Å². The molecule has 0 bridgehead atoms. The molecule has 0 amide bonds. The molecule has 1 unspecified atom stereocenters. The van der Waals surface area contributed by atoms with Crippen LogP contribution in [0.15, 0.2) is 22.7 Å². The molecule has 0 saturated heterocycles. The van der Waals surface area contributed by atoms with Crippen LogP contribution < -0.4 is 5.73 Å². The van der Waals surface area contributed by atoms with Crippen LogP contribution in [0.5, 0.6) is 0 Å². The van der Waals surface area contributed by atoms with Crippen LogP contribution >= 0.6 is 15.9 Å². The number of aryl methyl sites for hydroxylation is 1. The third-order valence-electron chi connectivity index (χ3n) is 3.73. The predicted molar refractivity (Wildman–Crippen MR) is 85.2 cm³/mol. The Bertz CT molecular complexity index is 427. The molecule has 0 aromatic heterocycles. The normalized spacial score (nSPS) is 17.2. The summed E-state index contributed by atoms with van der Waals surface area (Å²) in [5, 5.41) is 0. The molecule has 2 rings (SSSR count). The van der Waals surface area contributed by atoms with Gasteiger partial charge in [0.15, 0.2) is 0 Å². The molecule has 1 aromatic rings. The van der Waals surface area contributed by atoms with Crippen molar-refractivity contribution in [2.75, 3.05) is 13.1 Å². The Morgan fingerprint density at radius 1 is 1.37 bits per heavy atom. The lowest BCUT2D eigenvalue weighted by Crippen LogP contribution is -2.38. The van der Waals surface area contributed by atoms with Gasteiger partial charge in [-0.25, -0.2) is 0 Å². The lowest BCUT2D eigenvalue weighted by Gasteiger charge is -2.33. The van der Waals surface area contributed by atoms with Crippen molar-refractivity contribution in [2.45, 2.75) is 45.7 Å². The predicted octanol–water partition coefficient (Wildman–Crippen LogP) is 3.88. The first kappa shape index (κ1) is 15.0. The van der Waals surface area contributed by atoms with Crippen LogP contribution in [0, 0.1) is 12.8 Å². The number of hydrogen-bond acceptors (Lipinski definition) is 2. The molecule has 0 spiro atoms. The van der Waals surface area contributed by atoms with Gasteiger partial charge >= 0.3 is 0 Å². The molecule has 1 fully saturated rings. The van der Waals surface area contributed by atoms with Gasteiger partial charge in [0.2, 0.25) is 0 Å². The zero-order valence-corrected chi connectivity index (χ0v) is 13.8. The highest BCUT2D eigenvalue weighted by atomic mass is 79.9. The minimum absolute atomic E-state index is 0.338. The molecule has 106 valence electrons. The van der Waals surface area contributed by atoms with Crippen molar-refractivity contribution >= 4 is 15.9 Å². The number of nitrogens with two attached hydrogens (primary N) is 1. The number of nitrogens with zero attached hydrogens (tertiary/aromatic N) is 1. The first-order chi connectivity index (χ1) is 9.02. The smallest absolute Gasteiger partial charge is 0.0484 e. The summed E-state index contributed by atoms with van der Waals surface area (Å²) in [6.45, 7) is 8.51. The van der Waals surface area contributed by atoms with Crippen molar-refractivity contribution in [3.63, 3.8) is 0 Å². The number of hydrogen-bond donors (Lipinski definition) is 1. The SMILES string of the molecule is Cc1ccc(C(CN)N(CC(C)C)C2CC2)c(Br)c1. The highest BCUT2D eigenvalue weighted by Gasteiger charge is 2.34. The van der Waals surface area contributed by atoms with Crippen LogP contribution in [-0.2, 0) is 0 Å². The minimum atomic E-state index is 0.338. The van der Waals surface area contributed by atoms with E-state index < -0.39 is 0 Å². The molecule has 1 atom stereocenters. The van der Waals surface area contributed by atoms with Crippen molar-refractivity contribution in [3.8, 4) is 0 Å². The molecular formula is C16H25BrN2. The highest BCUT2D eigenvalue weighted by molar-refractivity contribution is 9.10. The summed E-state index contributed by atoms with van der Waals surface area (Å²) in [6.07, 6.45) is 2.65. The van der Waals surface area contributed by atoms with Gasteiger partial charge in [-0.1, -0.05) is 41.9 Å². The first-order valence-corrected chi connectivity index (χ1v) is 8.04. The van der Waals surface area contributed by atoms with E-state index in [1.54, 1.807) is 0 Å². The topological polar surface area (TPSA) is 29.3 Å². The van der Waals surface area contributed by atoms with Crippen LogP contribution in [0.3, 0.4) is 0 Å². The van der Waals surface area contributed by atoms with Gasteiger partial charge in [-0.2, -0.15) is 0 Å². The third-order valence-corrected chi connectivity index (χ3v) is 4.42. The zero-order chi connectivity index (χ0) is 14.0. The summed E-state index contributed by atoms with van der Waals surface area (Å²) in [7, 11) is 0. The molecule has 19 heavy (non-hydrogen) atoms. The van der Waals surface area contributed by atoms with E-state index in [2.05, 4.69) is 59.8 Å². The second-order valence-corrected chi connectivity index (χ2v) is 6.95. The van der Waals surface area contributed by atoms with E-state index in [0.717, 1.165) is 12.6 Å². The second kappa shape index (κ2) is 6.38. The van der Waals surface area contributed by atoms with Gasteiger partial charge in [0.25, 0.3) is 0 Å². The molecule has 1 aliphatic rings. The standard InChI is InChI=1S/C16H25BrN2/c1-11(2)10-19(13-5-6-13)16(9-18)14-7-4-12(3)8-15(14)17/h4,7-8,11,13,16H,5-6,9-10,18H2,1-3H3. The van der Waals surface area contributed by atoms with Crippen molar-refractivity contribution in [3.05, 3.63) is 33.8 Å². The number of benzene rings is 1. The number of halogens is 1. The van der Waals surface area contributed by atoms with Gasteiger partial charge in [-0.15, -0.1) is 0 Å². The lowest BCUT2D eigenvalue weighted by atomic mass is 10.0. The molecule has 1 saturated carbocycles. The Morgan fingerprint density at radius 3 is 2.53 bits per heavy atom. The van der Waals surface area contributed by atoms with E-state index in [1.807, 2.05) is 0 Å². The van der Waals surface area contributed by atoms with Gasteiger partial charge in [0.1, 0.15) is 0 Å². The van der Waals surface area contributed by atoms with E-state index >= 15 is 0 Å². The maximum atomic E-state index is 6.09. The van der Waals surface area contributed by atoms with E-state index in [-0.39, 0.29) is 0 Å². The van der Waals surface area contributed by atoms with E-state index in [0.29, 0.717) is 18.5 Å². The van der Waals surface area contributed by atoms with E-state index in [9.17, 15) is 0 Å². The van der Waals surface area contributed by atoms with Gasteiger partial charge in [-0.3, -0.25) is 4.90 Å². The van der Waals surface area contributed by atoms with Gasteiger partial charge in [-0.05, 0) is 42.9 Å². The largest absolute Gasteiger partial charge is 0.329 e. The Balaban J connectivity index is 2.25. The van der Waals surface area contributed by atoms with Crippen molar-refractivity contribution in [2.24, 2.45) is 11.7 Å². The molecule has 1 aromatic carbocycles. The van der Waals surface area contributed by atoms with Crippen LogP contribution in [-0.4, -0.2) is 24.0 Å². The van der Waals surface area contributed by atoms with Gasteiger partial charge in [0, 0.05) is 29.6 Å². The van der Waals surface area contributed by atoms with E-state index in [4.69, 9.17) is 5.73 Å². The molecule has 0 radical (unpaired) electrons. The fourth-order valence-electron chi connectivity index (χ4n) is 2.70. The maximum Gasteiger partial charge on any atom is 0.0484 e. The molecule has 3 heteroatoms. The van der Waals surface area contributed by atoms with Crippen molar-refractivity contribution in [1.29, 1.82) is 0 Å². The Labute approximate surface area is 125 Å². The van der Waals surface area contributed by atoms with Gasteiger partial charge in [0.05, 0.1) is 0 Å². The lowest BCUT2D eigenvalue weighted by molar-refractivity contribution is 0.169. The maximum absolute atomic E-state index is 6.09. The van der Waals surface area contributed by atoms with Crippen LogP contribution in [0.25, 0.3) is 0 Å². The summed E-state index contributed by atoms with van der Waals surface area (Å²) in [4.78, 5) is 2.61. The van der Waals surface area contributed by atoms with Gasteiger partial charge < -0.3 is 5.73 Å². The summed E-state index contributed by atoms with van der Waals surface area (Å²) in [6, 6.07) is 7.68. The highest BCUT2D eigenvalue weighted by Crippen LogP contribution is 2.37. The molecule has 2 nitrogen and oxygen atoms in total. The Kier molecular flexibility index (Phi) is 5.04. The molecule has 1 aliphatic carbocycles. The summed E-state index contributed by atoms with van der Waals surface area (Å²) in [5.41, 5.74) is 8.71. The minimum Gasteiger partial charge on any atom is -0.329 e. The fraction of sp³-hybridized carbons (Fsp3) is 0.625. The zero-order valence-electron chi connectivity index (χ0n) is 12.2. The summed E-state index contributed by atoms with van der Waals surface area (Å²) >= 11 is 3.71. The van der Waals surface area contributed by atoms with Crippen molar-refractivity contribution in [1.82, 2.24) is 4.90 Å². The number of rotatable bonds is 6. The average Bonchev–Trinajstić information content (AvgIpc) is 3.14. The van der Waals surface area contributed by atoms with Crippen LogP contribution in [0.1, 0.15) is 43.9 Å². The molecule has 0 aliphatic heterocycles.